The molecule has 1 heterocycles. The fraction of sp³-hybridized carbons (Fsp3) is 0.316. The summed E-state index contributed by atoms with van der Waals surface area (Å²) in [5, 5.41) is 3.80. The summed E-state index contributed by atoms with van der Waals surface area (Å²) in [4.78, 5) is 14.5. The first-order valence-corrected chi connectivity index (χ1v) is 9.02. The molecule has 1 saturated heterocycles. The van der Waals surface area contributed by atoms with Gasteiger partial charge in [-0.3, -0.25) is 4.79 Å². The monoisotopic (exact) mass is 378 g/mol. The number of aryl methyl sites for hydroxylation is 1. The number of amides is 1. The summed E-state index contributed by atoms with van der Waals surface area (Å²) in [6, 6.07) is 11.2. The lowest BCUT2D eigenvalue weighted by molar-refractivity contribution is -0.118. The van der Waals surface area contributed by atoms with E-state index in [1.165, 1.54) is 12.8 Å². The van der Waals surface area contributed by atoms with Crippen LogP contribution in [0.4, 0.5) is 11.4 Å². The van der Waals surface area contributed by atoms with E-state index in [2.05, 4.69) is 16.3 Å². The van der Waals surface area contributed by atoms with E-state index in [1.54, 1.807) is 12.1 Å². The van der Waals surface area contributed by atoms with Crippen LogP contribution in [0.1, 0.15) is 18.4 Å². The Labute approximate surface area is 157 Å². The van der Waals surface area contributed by atoms with E-state index in [1.807, 2.05) is 25.1 Å². The standard InChI is InChI=1S/C19H20Cl2N2O2/c1-13-9-14(20)10-17(21)19(13)25-12-18(24)22-15-5-4-6-16(11-15)23-7-2-3-8-23/h4-6,9-11H,2-3,7-8,12H2,1H3,(H,22,24). The number of nitrogens with zero attached hydrogens (tertiary/aromatic N) is 1. The number of hydrogen-bond donors (Lipinski definition) is 1. The smallest absolute Gasteiger partial charge is 0.262 e. The van der Waals surface area contributed by atoms with Gasteiger partial charge in [0.05, 0.1) is 5.02 Å². The van der Waals surface area contributed by atoms with Gasteiger partial charge in [-0.2, -0.15) is 0 Å². The van der Waals surface area contributed by atoms with Gasteiger partial charge in [0, 0.05) is 29.5 Å². The molecule has 1 aliphatic rings. The molecule has 6 heteroatoms. The second-order valence-corrected chi connectivity index (χ2v) is 6.96. The van der Waals surface area contributed by atoms with Gasteiger partial charge in [-0.05, 0) is 55.7 Å². The Morgan fingerprint density at radius 3 is 2.68 bits per heavy atom. The molecule has 0 atom stereocenters. The van der Waals surface area contributed by atoms with Gasteiger partial charge in [0.2, 0.25) is 0 Å². The molecule has 4 nitrogen and oxygen atoms in total. The molecule has 0 radical (unpaired) electrons. The van der Waals surface area contributed by atoms with Gasteiger partial charge in [0.15, 0.2) is 6.61 Å². The third-order valence-corrected chi connectivity index (χ3v) is 4.64. The third kappa shape index (κ3) is 4.59. The number of halogens is 2. The molecular formula is C19H20Cl2N2O2. The predicted octanol–water partition coefficient (Wildman–Crippen LogP) is 4.92. The number of benzene rings is 2. The van der Waals surface area contributed by atoms with Gasteiger partial charge in [0.1, 0.15) is 5.75 Å². The average molecular weight is 379 g/mol. The van der Waals surface area contributed by atoms with Crippen LogP contribution in [0.25, 0.3) is 0 Å². The second kappa shape index (κ2) is 7.98. The van der Waals surface area contributed by atoms with Crippen molar-refractivity contribution in [3.63, 3.8) is 0 Å². The van der Waals surface area contributed by atoms with Crippen LogP contribution < -0.4 is 15.0 Å². The average Bonchev–Trinajstić information content (AvgIpc) is 3.08. The first-order valence-electron chi connectivity index (χ1n) is 8.26. The molecule has 3 rings (SSSR count). The number of ether oxygens (including phenoxy) is 1. The van der Waals surface area contributed by atoms with E-state index in [0.717, 1.165) is 30.0 Å². The number of rotatable bonds is 5. The maximum atomic E-state index is 12.2. The van der Waals surface area contributed by atoms with Gasteiger partial charge in [-0.1, -0.05) is 29.3 Å². The molecule has 25 heavy (non-hydrogen) atoms. The fourth-order valence-corrected chi connectivity index (χ4v) is 3.61. The lowest BCUT2D eigenvalue weighted by Gasteiger charge is -2.18. The third-order valence-electron chi connectivity index (χ3n) is 4.14. The van der Waals surface area contributed by atoms with E-state index >= 15 is 0 Å². The molecule has 0 saturated carbocycles. The SMILES string of the molecule is Cc1cc(Cl)cc(Cl)c1OCC(=O)Nc1cccc(N2CCCC2)c1. The first-order chi connectivity index (χ1) is 12.0. The predicted molar refractivity (Wildman–Crippen MR) is 103 cm³/mol. The Balaban J connectivity index is 1.60. The maximum Gasteiger partial charge on any atom is 0.262 e. The Hall–Kier alpha value is -1.91. The summed E-state index contributed by atoms with van der Waals surface area (Å²) in [6.45, 7) is 3.85. The molecule has 0 unspecified atom stereocenters. The van der Waals surface area contributed by atoms with E-state index in [4.69, 9.17) is 27.9 Å². The van der Waals surface area contributed by atoms with E-state index in [-0.39, 0.29) is 12.5 Å². The summed E-state index contributed by atoms with van der Waals surface area (Å²) in [6.07, 6.45) is 2.43. The highest BCUT2D eigenvalue weighted by Gasteiger charge is 2.14. The molecular weight excluding hydrogens is 359 g/mol. The molecule has 0 bridgehead atoms. The lowest BCUT2D eigenvalue weighted by atomic mass is 10.2. The Morgan fingerprint density at radius 2 is 1.96 bits per heavy atom. The van der Waals surface area contributed by atoms with Crippen molar-refractivity contribution in [2.24, 2.45) is 0 Å². The normalized spacial score (nSPS) is 13.8. The molecule has 1 fully saturated rings. The summed E-state index contributed by atoms with van der Waals surface area (Å²) >= 11 is 12.1. The van der Waals surface area contributed by atoms with Crippen molar-refractivity contribution in [3.05, 3.63) is 52.0 Å². The Bertz CT molecular complexity index is 751. The van der Waals surface area contributed by atoms with E-state index in [0.29, 0.717) is 15.8 Å². The summed E-state index contributed by atoms with van der Waals surface area (Å²) in [5.41, 5.74) is 2.69. The van der Waals surface area contributed by atoms with Crippen LogP contribution in [-0.2, 0) is 4.79 Å². The van der Waals surface area contributed by atoms with Crippen LogP contribution >= 0.6 is 23.2 Å². The molecule has 1 amide bonds. The summed E-state index contributed by atoms with van der Waals surface area (Å²) in [5.74, 6) is 0.246. The Kier molecular flexibility index (Phi) is 5.71. The van der Waals surface area contributed by atoms with E-state index in [9.17, 15) is 4.79 Å². The number of nitrogens with one attached hydrogen (secondary N) is 1. The summed E-state index contributed by atoms with van der Waals surface area (Å²) in [7, 11) is 0. The molecule has 1 aliphatic heterocycles. The van der Waals surface area contributed by atoms with Crippen molar-refractivity contribution < 1.29 is 9.53 Å². The highest BCUT2D eigenvalue weighted by atomic mass is 35.5. The highest BCUT2D eigenvalue weighted by Crippen LogP contribution is 2.31. The zero-order valence-electron chi connectivity index (χ0n) is 14.0. The molecule has 0 aromatic heterocycles. The topological polar surface area (TPSA) is 41.6 Å². The van der Waals surface area contributed by atoms with Crippen molar-refractivity contribution in [1.82, 2.24) is 0 Å². The van der Waals surface area contributed by atoms with Crippen molar-refractivity contribution >= 4 is 40.5 Å². The van der Waals surface area contributed by atoms with Crippen LogP contribution in [-0.4, -0.2) is 25.6 Å². The zero-order valence-corrected chi connectivity index (χ0v) is 15.5. The van der Waals surface area contributed by atoms with Gasteiger partial charge in [-0.25, -0.2) is 0 Å². The highest BCUT2D eigenvalue weighted by molar-refractivity contribution is 6.35. The van der Waals surface area contributed by atoms with Crippen molar-refractivity contribution in [2.45, 2.75) is 19.8 Å². The minimum absolute atomic E-state index is 0.115. The Morgan fingerprint density at radius 1 is 1.20 bits per heavy atom. The van der Waals surface area contributed by atoms with Gasteiger partial charge in [0.25, 0.3) is 5.91 Å². The quantitative estimate of drug-likeness (QED) is 0.802. The van der Waals surface area contributed by atoms with Crippen LogP contribution in [0.15, 0.2) is 36.4 Å². The summed E-state index contributed by atoms with van der Waals surface area (Å²) < 4.78 is 5.57. The maximum absolute atomic E-state index is 12.2. The van der Waals surface area contributed by atoms with Crippen molar-refractivity contribution in [2.75, 3.05) is 29.9 Å². The van der Waals surface area contributed by atoms with Crippen LogP contribution in [0, 0.1) is 6.92 Å². The van der Waals surface area contributed by atoms with Crippen LogP contribution in [0.5, 0.6) is 5.75 Å². The second-order valence-electron chi connectivity index (χ2n) is 6.11. The largest absolute Gasteiger partial charge is 0.482 e. The number of hydrogen-bond acceptors (Lipinski definition) is 3. The number of carbonyl (C=O) groups is 1. The minimum Gasteiger partial charge on any atom is -0.482 e. The molecule has 2 aromatic carbocycles. The van der Waals surface area contributed by atoms with Gasteiger partial charge < -0.3 is 15.0 Å². The lowest BCUT2D eigenvalue weighted by Crippen LogP contribution is -2.21. The molecule has 1 N–H and O–H groups in total. The fourth-order valence-electron chi connectivity index (χ4n) is 2.96. The molecule has 0 spiro atoms. The van der Waals surface area contributed by atoms with Gasteiger partial charge >= 0.3 is 0 Å². The molecule has 132 valence electrons. The minimum atomic E-state index is -0.232. The van der Waals surface area contributed by atoms with Crippen molar-refractivity contribution in [1.29, 1.82) is 0 Å². The first kappa shape index (κ1) is 17.9. The van der Waals surface area contributed by atoms with Crippen molar-refractivity contribution in [3.8, 4) is 5.75 Å². The molecule has 2 aromatic rings. The molecule has 0 aliphatic carbocycles. The van der Waals surface area contributed by atoms with Crippen LogP contribution in [0.3, 0.4) is 0 Å². The number of anilines is 2. The van der Waals surface area contributed by atoms with E-state index < -0.39 is 0 Å². The number of carbonyl (C=O) groups excluding carboxylic acids is 1. The van der Waals surface area contributed by atoms with Crippen LogP contribution in [0.2, 0.25) is 10.0 Å². The van der Waals surface area contributed by atoms with Gasteiger partial charge in [-0.15, -0.1) is 0 Å². The zero-order chi connectivity index (χ0) is 17.8.